The summed E-state index contributed by atoms with van der Waals surface area (Å²) in [6.07, 6.45) is 3.97. The number of amides is 2. The molecule has 1 unspecified atom stereocenters. The highest BCUT2D eigenvalue weighted by Crippen LogP contribution is 2.44. The van der Waals surface area contributed by atoms with Crippen LogP contribution in [0.2, 0.25) is 0 Å². The lowest BCUT2D eigenvalue weighted by Gasteiger charge is -2.40. The number of rotatable bonds is 5. The van der Waals surface area contributed by atoms with E-state index in [1.807, 2.05) is 0 Å². The number of hydrogen-bond donors (Lipinski definition) is 3. The van der Waals surface area contributed by atoms with Gasteiger partial charge in [0.25, 0.3) is 0 Å². The first kappa shape index (κ1) is 28.1. The highest BCUT2D eigenvalue weighted by atomic mass is 19.4. The zero-order valence-electron chi connectivity index (χ0n) is 22.8. The summed E-state index contributed by atoms with van der Waals surface area (Å²) >= 11 is 0. The van der Waals surface area contributed by atoms with Crippen LogP contribution in [-0.4, -0.2) is 83.7 Å². The molecule has 1 aliphatic carbocycles. The normalized spacial score (nSPS) is 22.6. The Morgan fingerprint density at radius 2 is 2.00 bits per heavy atom. The van der Waals surface area contributed by atoms with Crippen LogP contribution in [0.15, 0.2) is 46.8 Å². The zero-order valence-corrected chi connectivity index (χ0v) is 22.8. The molecule has 3 aliphatic heterocycles. The van der Waals surface area contributed by atoms with Crippen LogP contribution in [0.25, 0.3) is 0 Å². The van der Waals surface area contributed by atoms with Crippen molar-refractivity contribution in [1.82, 2.24) is 30.2 Å². The minimum atomic E-state index is -4.85. The fraction of sp³-hybridized carbons (Fsp3) is 0.593. The molecule has 0 spiro atoms. The minimum absolute atomic E-state index is 0.192. The Labute approximate surface area is 231 Å². The molecule has 0 saturated carbocycles. The Morgan fingerprint density at radius 1 is 1.23 bits per heavy atom. The third-order valence-corrected chi connectivity index (χ3v) is 7.95. The summed E-state index contributed by atoms with van der Waals surface area (Å²) < 4.78 is 52.1. The first-order valence-corrected chi connectivity index (χ1v) is 13.7. The van der Waals surface area contributed by atoms with Crippen molar-refractivity contribution in [3.8, 4) is 0 Å². The molecule has 4 aliphatic rings. The number of nitrogens with one attached hydrogen (secondary N) is 3. The van der Waals surface area contributed by atoms with Crippen LogP contribution in [-0.2, 0) is 16.5 Å². The molecule has 40 heavy (non-hydrogen) atoms. The van der Waals surface area contributed by atoms with E-state index in [2.05, 4.69) is 20.5 Å². The number of aromatic nitrogens is 2. The molecular weight excluding hydrogens is 527 g/mol. The van der Waals surface area contributed by atoms with Crippen LogP contribution in [0.1, 0.15) is 50.0 Å². The maximum absolute atomic E-state index is 13.5. The largest absolute Gasteiger partial charge is 0.572 e. The number of carbonyl (C=O) groups is 1. The number of amidine groups is 1. The molecule has 3 N–H and O–H groups in total. The first-order valence-electron chi connectivity index (χ1n) is 13.7. The van der Waals surface area contributed by atoms with Crippen molar-refractivity contribution in [2.24, 2.45) is 7.05 Å². The molecule has 0 aromatic carbocycles. The van der Waals surface area contributed by atoms with Crippen molar-refractivity contribution in [3.05, 3.63) is 52.3 Å². The van der Waals surface area contributed by atoms with E-state index >= 15 is 0 Å². The van der Waals surface area contributed by atoms with E-state index in [1.165, 1.54) is 6.08 Å². The van der Waals surface area contributed by atoms with Gasteiger partial charge in [0.1, 0.15) is 11.6 Å². The summed E-state index contributed by atoms with van der Waals surface area (Å²) in [5.74, 6) is -0.631. The van der Waals surface area contributed by atoms with Crippen molar-refractivity contribution < 1.29 is 27.4 Å². The average molecular weight is 564 g/mol. The van der Waals surface area contributed by atoms with Gasteiger partial charge in [-0.3, -0.25) is 10.1 Å². The van der Waals surface area contributed by atoms with E-state index in [-0.39, 0.29) is 30.2 Å². The molecule has 1 fully saturated rings. The maximum atomic E-state index is 13.5. The van der Waals surface area contributed by atoms with Crippen LogP contribution in [0, 0.1) is 5.41 Å². The Morgan fingerprint density at radius 3 is 2.67 bits per heavy atom. The van der Waals surface area contributed by atoms with Crippen LogP contribution >= 0.6 is 0 Å². The number of halogens is 3. The number of hydrogen-bond acceptors (Lipinski definition) is 6. The van der Waals surface area contributed by atoms with Crippen LogP contribution < -0.4 is 10.6 Å². The smallest absolute Gasteiger partial charge is 0.410 e. The second-order valence-corrected chi connectivity index (χ2v) is 10.6. The van der Waals surface area contributed by atoms with Crippen molar-refractivity contribution in [1.29, 1.82) is 5.41 Å². The van der Waals surface area contributed by atoms with E-state index in [0.29, 0.717) is 56.0 Å². The molecular formula is C27H36F3N7O3. The van der Waals surface area contributed by atoms with Crippen molar-refractivity contribution in [2.75, 3.05) is 39.9 Å². The molecule has 1 saturated heterocycles. The number of ether oxygens (including phenoxy) is 2. The van der Waals surface area contributed by atoms with Gasteiger partial charge >= 0.3 is 12.4 Å². The van der Waals surface area contributed by atoms with Gasteiger partial charge < -0.3 is 29.9 Å². The van der Waals surface area contributed by atoms with Gasteiger partial charge in [-0.05, 0) is 37.7 Å². The Kier molecular flexibility index (Phi) is 8.11. The summed E-state index contributed by atoms with van der Waals surface area (Å²) in [6, 6.07) is -0.0254. The van der Waals surface area contributed by atoms with Gasteiger partial charge in [0.2, 0.25) is 0 Å². The molecule has 4 heterocycles. The molecule has 10 nitrogen and oxygen atoms in total. The number of urea groups is 1. The maximum Gasteiger partial charge on any atom is 0.572 e. The summed E-state index contributed by atoms with van der Waals surface area (Å²) in [4.78, 5) is 15.9. The third-order valence-electron chi connectivity index (χ3n) is 7.95. The van der Waals surface area contributed by atoms with E-state index in [9.17, 15) is 23.4 Å². The standard InChI is InChI=1S/C27H36F3N7O3/c1-32-26(38)36-9-5-22(34-19-6-10-39-11-7-19)21(16-36)25(31)37-8-3-4-17-12-20(18-14-33-35(2)15-18)24(13-23(17)37)40-27(28,29)30/h13-15,19-20,31,34H,3-12,16H2,1-2H3,(H,32,38). The monoisotopic (exact) mass is 563 g/mol. The molecule has 13 heteroatoms. The fourth-order valence-electron chi connectivity index (χ4n) is 5.95. The van der Waals surface area contributed by atoms with Crippen LogP contribution in [0.5, 0.6) is 0 Å². The van der Waals surface area contributed by atoms with Crippen molar-refractivity contribution in [2.45, 2.75) is 56.8 Å². The van der Waals surface area contributed by atoms with Crippen molar-refractivity contribution >= 4 is 11.9 Å². The fourth-order valence-corrected chi connectivity index (χ4v) is 5.95. The lowest BCUT2D eigenvalue weighted by molar-refractivity contribution is -0.307. The second kappa shape index (κ2) is 11.6. The number of nitrogens with zero attached hydrogens (tertiary/aromatic N) is 4. The van der Waals surface area contributed by atoms with Crippen LogP contribution in [0.3, 0.4) is 0 Å². The predicted molar refractivity (Wildman–Crippen MR) is 141 cm³/mol. The summed E-state index contributed by atoms with van der Waals surface area (Å²) in [7, 11) is 3.29. The lowest BCUT2D eigenvalue weighted by Crippen LogP contribution is -2.48. The quantitative estimate of drug-likeness (QED) is 0.373. The number of allylic oxidation sites excluding steroid dienone is 3. The second-order valence-electron chi connectivity index (χ2n) is 10.6. The summed E-state index contributed by atoms with van der Waals surface area (Å²) in [5, 5.41) is 19.7. The molecule has 2 amide bonds. The molecule has 5 rings (SSSR count). The highest BCUT2D eigenvalue weighted by molar-refractivity contribution is 5.99. The summed E-state index contributed by atoms with van der Waals surface area (Å²) in [6.45, 7) is 2.55. The van der Waals surface area contributed by atoms with Gasteiger partial charge in [0, 0.05) is 93.6 Å². The van der Waals surface area contributed by atoms with E-state index < -0.39 is 12.3 Å². The Hall–Kier alpha value is -3.48. The van der Waals surface area contributed by atoms with E-state index in [1.54, 1.807) is 41.0 Å². The van der Waals surface area contributed by atoms with Crippen LogP contribution in [0.4, 0.5) is 18.0 Å². The van der Waals surface area contributed by atoms with Gasteiger partial charge in [-0.1, -0.05) is 0 Å². The SMILES string of the molecule is CNC(=O)N1CCC(NC2CCOCC2)=C(C(=N)N2CCCC3=C2C=C(OC(F)(F)F)C(c2cnn(C)c2)C3)C1. The lowest BCUT2D eigenvalue weighted by atomic mass is 9.83. The molecule has 1 aromatic heterocycles. The van der Waals surface area contributed by atoms with Crippen molar-refractivity contribution in [3.63, 3.8) is 0 Å². The third kappa shape index (κ3) is 6.13. The minimum Gasteiger partial charge on any atom is -0.410 e. The van der Waals surface area contributed by atoms with Gasteiger partial charge in [-0.15, -0.1) is 13.2 Å². The number of carbonyl (C=O) groups excluding carboxylic acids is 1. The molecule has 0 radical (unpaired) electrons. The van der Waals surface area contributed by atoms with Gasteiger partial charge in [-0.2, -0.15) is 5.10 Å². The highest BCUT2D eigenvalue weighted by Gasteiger charge is 2.40. The van der Waals surface area contributed by atoms with Gasteiger partial charge in [-0.25, -0.2) is 4.79 Å². The molecule has 218 valence electrons. The Balaban J connectivity index is 1.48. The first-order chi connectivity index (χ1) is 19.1. The predicted octanol–water partition coefficient (Wildman–Crippen LogP) is 3.72. The average Bonchev–Trinajstić information content (AvgIpc) is 3.37. The Bertz CT molecular complexity index is 1230. The summed E-state index contributed by atoms with van der Waals surface area (Å²) in [5.41, 5.74) is 3.79. The van der Waals surface area contributed by atoms with Gasteiger partial charge in [0.05, 0.1) is 12.7 Å². The molecule has 0 bridgehead atoms. The zero-order chi connectivity index (χ0) is 28.4. The number of alkyl halides is 3. The van der Waals surface area contributed by atoms with Gasteiger partial charge in [0.15, 0.2) is 0 Å². The molecule has 1 aromatic rings. The number of aryl methyl sites for hydroxylation is 1. The van der Waals surface area contributed by atoms with E-state index in [0.717, 1.165) is 37.0 Å². The molecule has 1 atom stereocenters. The topological polar surface area (TPSA) is 108 Å². The van der Waals surface area contributed by atoms with E-state index in [4.69, 9.17) is 4.74 Å².